The largest absolute Gasteiger partial charge is 0.497 e. The number of nitrogens with one attached hydrogen (secondary N) is 1. The Bertz CT molecular complexity index is 560. The van der Waals surface area contributed by atoms with E-state index in [1.807, 2.05) is 37.6 Å². The van der Waals surface area contributed by atoms with Crippen LogP contribution in [0.5, 0.6) is 5.75 Å². The van der Waals surface area contributed by atoms with Crippen LogP contribution in [0.4, 0.5) is 0 Å². The van der Waals surface area contributed by atoms with Gasteiger partial charge in [0.2, 0.25) is 0 Å². The van der Waals surface area contributed by atoms with Crippen molar-refractivity contribution in [3.8, 4) is 5.75 Å². The van der Waals surface area contributed by atoms with E-state index in [1.165, 1.54) is 11.1 Å². The molecule has 1 aromatic carbocycles. The molecule has 0 aliphatic carbocycles. The summed E-state index contributed by atoms with van der Waals surface area (Å²) < 4.78 is 6.43. The molecular weight excluding hydrogens is 328 g/mol. The predicted molar refractivity (Wildman–Crippen MR) is 89.8 cm³/mol. The Hall–Kier alpha value is -1.39. The lowest BCUT2D eigenvalue weighted by molar-refractivity contribution is 0.413. The number of pyridine rings is 1. The number of benzene rings is 1. The summed E-state index contributed by atoms with van der Waals surface area (Å²) in [6.45, 7) is 0. The van der Waals surface area contributed by atoms with Crippen LogP contribution in [0, 0.1) is 0 Å². The minimum Gasteiger partial charge on any atom is -0.497 e. The highest BCUT2D eigenvalue weighted by Crippen LogP contribution is 2.24. The van der Waals surface area contributed by atoms with Gasteiger partial charge in [0.25, 0.3) is 0 Å². The van der Waals surface area contributed by atoms with Crippen LogP contribution in [-0.4, -0.2) is 25.2 Å². The number of likely N-dealkylation sites (N-methyl/N-ethyl adjacent to an activating group) is 1. The third-order valence-electron chi connectivity index (χ3n) is 3.63. The highest BCUT2D eigenvalue weighted by atomic mass is 79.9. The van der Waals surface area contributed by atoms with Gasteiger partial charge >= 0.3 is 0 Å². The van der Waals surface area contributed by atoms with Gasteiger partial charge in [0.15, 0.2) is 0 Å². The fourth-order valence-corrected chi connectivity index (χ4v) is 2.74. The average molecular weight is 349 g/mol. The van der Waals surface area contributed by atoms with Crippen molar-refractivity contribution in [2.45, 2.75) is 25.3 Å². The van der Waals surface area contributed by atoms with Gasteiger partial charge in [-0.3, -0.25) is 4.98 Å². The number of rotatable bonds is 7. The number of aromatic nitrogens is 1. The molecule has 0 spiro atoms. The first kappa shape index (κ1) is 16.0. The van der Waals surface area contributed by atoms with Crippen LogP contribution in [0.2, 0.25) is 0 Å². The Balaban J connectivity index is 1.99. The summed E-state index contributed by atoms with van der Waals surface area (Å²) in [4.78, 5) is 4.16. The highest BCUT2D eigenvalue weighted by molar-refractivity contribution is 9.10. The Labute approximate surface area is 134 Å². The molecule has 2 aromatic rings. The monoisotopic (exact) mass is 348 g/mol. The lowest BCUT2D eigenvalue weighted by atomic mass is 9.99. The van der Waals surface area contributed by atoms with E-state index in [1.54, 1.807) is 7.11 Å². The molecule has 0 bridgehead atoms. The first-order chi connectivity index (χ1) is 10.2. The van der Waals surface area contributed by atoms with E-state index in [0.717, 1.165) is 29.5 Å². The van der Waals surface area contributed by atoms with Crippen LogP contribution in [0.1, 0.15) is 17.5 Å². The predicted octanol–water partition coefficient (Wildman–Crippen LogP) is 3.62. The molecule has 1 unspecified atom stereocenters. The molecule has 0 aliphatic rings. The molecule has 1 heterocycles. The minimum atomic E-state index is 0.425. The normalized spacial score (nSPS) is 12.1. The van der Waals surface area contributed by atoms with Gasteiger partial charge in [-0.05, 0) is 61.7 Å². The molecule has 0 radical (unpaired) electrons. The molecule has 0 fully saturated rings. The SMILES string of the molecule is CNC(CCc1cccnc1)Cc1cc(OC)ccc1Br. The summed E-state index contributed by atoms with van der Waals surface area (Å²) in [5.74, 6) is 0.898. The van der Waals surface area contributed by atoms with Gasteiger partial charge in [-0.15, -0.1) is 0 Å². The number of halogens is 1. The fraction of sp³-hybridized carbons (Fsp3) is 0.353. The lowest BCUT2D eigenvalue weighted by Gasteiger charge is -2.17. The Morgan fingerprint density at radius 3 is 2.86 bits per heavy atom. The number of ether oxygens (including phenoxy) is 1. The third-order valence-corrected chi connectivity index (χ3v) is 4.41. The van der Waals surface area contributed by atoms with Crippen LogP contribution in [0.3, 0.4) is 0 Å². The van der Waals surface area contributed by atoms with Crippen LogP contribution < -0.4 is 10.1 Å². The van der Waals surface area contributed by atoms with Crippen molar-refractivity contribution in [3.63, 3.8) is 0 Å². The summed E-state index contributed by atoms with van der Waals surface area (Å²) in [7, 11) is 3.72. The smallest absolute Gasteiger partial charge is 0.119 e. The van der Waals surface area contributed by atoms with Crippen molar-refractivity contribution < 1.29 is 4.74 Å². The first-order valence-corrected chi connectivity index (χ1v) is 7.91. The standard InChI is InChI=1S/C17H21BrN2O/c1-19-15(6-5-13-4-3-9-20-12-13)10-14-11-16(21-2)7-8-17(14)18/h3-4,7-9,11-12,15,19H,5-6,10H2,1-2H3. The molecule has 21 heavy (non-hydrogen) atoms. The number of aryl methyl sites for hydroxylation is 1. The second-order valence-corrected chi connectivity index (χ2v) is 5.90. The van der Waals surface area contributed by atoms with E-state index in [2.05, 4.69) is 38.4 Å². The summed E-state index contributed by atoms with van der Waals surface area (Å²) >= 11 is 3.62. The molecule has 0 saturated carbocycles. The van der Waals surface area contributed by atoms with E-state index in [0.29, 0.717) is 6.04 Å². The van der Waals surface area contributed by atoms with Crippen LogP contribution in [0.15, 0.2) is 47.2 Å². The topological polar surface area (TPSA) is 34.2 Å². The maximum atomic E-state index is 5.30. The first-order valence-electron chi connectivity index (χ1n) is 7.11. The highest BCUT2D eigenvalue weighted by Gasteiger charge is 2.11. The van der Waals surface area contributed by atoms with Crippen molar-refractivity contribution in [2.24, 2.45) is 0 Å². The van der Waals surface area contributed by atoms with Crippen molar-refractivity contribution in [3.05, 3.63) is 58.3 Å². The molecule has 112 valence electrons. The molecule has 0 saturated heterocycles. The van der Waals surface area contributed by atoms with E-state index in [9.17, 15) is 0 Å². The van der Waals surface area contributed by atoms with Crippen LogP contribution >= 0.6 is 15.9 Å². The Kier molecular flexibility index (Phi) is 6.21. The molecule has 1 aromatic heterocycles. The van der Waals surface area contributed by atoms with E-state index in [-0.39, 0.29) is 0 Å². The van der Waals surface area contributed by atoms with Gasteiger partial charge in [0, 0.05) is 22.9 Å². The third kappa shape index (κ3) is 4.83. The van der Waals surface area contributed by atoms with Crippen LogP contribution in [0.25, 0.3) is 0 Å². The number of hydrogen-bond acceptors (Lipinski definition) is 3. The molecule has 1 atom stereocenters. The summed E-state index contributed by atoms with van der Waals surface area (Å²) in [6.07, 6.45) is 6.82. The van der Waals surface area contributed by atoms with Crippen molar-refractivity contribution in [1.82, 2.24) is 10.3 Å². The number of methoxy groups -OCH3 is 1. The van der Waals surface area contributed by atoms with Crippen molar-refractivity contribution in [1.29, 1.82) is 0 Å². The van der Waals surface area contributed by atoms with E-state index >= 15 is 0 Å². The van der Waals surface area contributed by atoms with Gasteiger partial charge in [0.05, 0.1) is 7.11 Å². The van der Waals surface area contributed by atoms with Gasteiger partial charge in [-0.25, -0.2) is 0 Å². The fourth-order valence-electron chi connectivity index (χ4n) is 2.34. The quantitative estimate of drug-likeness (QED) is 0.829. The summed E-state index contributed by atoms with van der Waals surface area (Å²) in [6, 6.07) is 10.6. The van der Waals surface area contributed by atoms with Crippen molar-refractivity contribution >= 4 is 15.9 Å². The van der Waals surface area contributed by atoms with E-state index in [4.69, 9.17) is 4.74 Å². The van der Waals surface area contributed by atoms with Gasteiger partial charge in [0.1, 0.15) is 5.75 Å². The second-order valence-electron chi connectivity index (χ2n) is 5.05. The minimum absolute atomic E-state index is 0.425. The second kappa shape index (κ2) is 8.15. The zero-order valence-corrected chi connectivity index (χ0v) is 14.1. The number of hydrogen-bond donors (Lipinski definition) is 1. The van der Waals surface area contributed by atoms with Gasteiger partial charge in [-0.1, -0.05) is 22.0 Å². The Morgan fingerprint density at radius 1 is 1.33 bits per heavy atom. The zero-order valence-electron chi connectivity index (χ0n) is 12.5. The zero-order chi connectivity index (χ0) is 15.1. The lowest BCUT2D eigenvalue weighted by Crippen LogP contribution is -2.28. The van der Waals surface area contributed by atoms with Gasteiger partial charge < -0.3 is 10.1 Å². The molecule has 0 aliphatic heterocycles. The van der Waals surface area contributed by atoms with E-state index < -0.39 is 0 Å². The maximum absolute atomic E-state index is 5.30. The Morgan fingerprint density at radius 2 is 2.19 bits per heavy atom. The molecule has 1 N–H and O–H groups in total. The maximum Gasteiger partial charge on any atom is 0.119 e. The molecule has 4 heteroatoms. The van der Waals surface area contributed by atoms with Gasteiger partial charge in [-0.2, -0.15) is 0 Å². The number of nitrogens with zero attached hydrogens (tertiary/aromatic N) is 1. The molecular formula is C17H21BrN2O. The van der Waals surface area contributed by atoms with Crippen molar-refractivity contribution in [2.75, 3.05) is 14.2 Å². The molecule has 2 rings (SSSR count). The van der Waals surface area contributed by atoms with Crippen LogP contribution in [-0.2, 0) is 12.8 Å². The molecule has 0 amide bonds. The summed E-state index contributed by atoms with van der Waals surface area (Å²) in [5, 5.41) is 3.40. The molecule has 3 nitrogen and oxygen atoms in total. The summed E-state index contributed by atoms with van der Waals surface area (Å²) in [5.41, 5.74) is 2.54. The average Bonchev–Trinajstić information content (AvgIpc) is 2.54.